The second-order valence-electron chi connectivity index (χ2n) is 30.4. The minimum absolute atomic E-state index is 0.0844. The molecule has 0 saturated heterocycles. The Kier molecular flexibility index (Phi) is 74.1. The predicted octanol–water partition coefficient (Wildman–Crippen LogP) is 25.4. The van der Waals surface area contributed by atoms with Crippen molar-refractivity contribution < 1.29 is 80.2 Å². The van der Waals surface area contributed by atoms with Crippen molar-refractivity contribution >= 4 is 39.5 Å². The smallest absolute Gasteiger partial charge is 0.462 e. The molecule has 0 aromatic rings. The maximum atomic E-state index is 13.1. The van der Waals surface area contributed by atoms with E-state index in [1.54, 1.807) is 0 Å². The minimum Gasteiger partial charge on any atom is -0.462 e. The number of rotatable bonds is 82. The number of phosphoric acid groups is 2. The van der Waals surface area contributed by atoms with Crippen molar-refractivity contribution in [3.05, 3.63) is 24.3 Å². The van der Waals surface area contributed by atoms with Crippen LogP contribution in [0.5, 0.6) is 0 Å². The molecule has 0 aromatic heterocycles. The molecule has 0 radical (unpaired) electrons. The third-order valence-electron chi connectivity index (χ3n) is 20.1. The van der Waals surface area contributed by atoms with E-state index in [2.05, 4.69) is 65.8 Å². The molecule has 19 heteroatoms. The van der Waals surface area contributed by atoms with E-state index in [-0.39, 0.29) is 25.7 Å². The molecule has 104 heavy (non-hydrogen) atoms. The van der Waals surface area contributed by atoms with Crippen molar-refractivity contribution in [2.75, 3.05) is 39.6 Å². The summed E-state index contributed by atoms with van der Waals surface area (Å²) in [5, 5.41) is 10.7. The van der Waals surface area contributed by atoms with Gasteiger partial charge in [-0.2, -0.15) is 0 Å². The van der Waals surface area contributed by atoms with Gasteiger partial charge in [-0.05, 0) is 63.2 Å². The SMILES string of the molecule is CCCCCC/C=C\C=C/CCCCCCCC(=O)O[C@H](COC(=O)CCCCCCCCC(C)CC)COP(=O)(O)OC[C@H](O)COP(=O)(O)OC[C@@H](COC(=O)CCCCCCCCCCCCCCCCCCC)OC(=O)CCCCCCCCCCCCCCCCCCCCC(C)CC. The van der Waals surface area contributed by atoms with Crippen LogP contribution >= 0.6 is 15.6 Å². The Balaban J connectivity index is 5.25. The monoisotopic (exact) mass is 1520 g/mol. The summed E-state index contributed by atoms with van der Waals surface area (Å²) in [5.74, 6) is -0.539. The molecule has 0 rings (SSSR count). The highest BCUT2D eigenvalue weighted by molar-refractivity contribution is 7.47. The van der Waals surface area contributed by atoms with Gasteiger partial charge in [-0.1, -0.05) is 374 Å². The third kappa shape index (κ3) is 75.0. The average molecular weight is 1520 g/mol. The number of allylic oxidation sites excluding steroid dienone is 4. The molecule has 0 spiro atoms. The average Bonchev–Trinajstić information content (AvgIpc) is 0.918. The number of aliphatic hydroxyl groups is 1. The van der Waals surface area contributed by atoms with Crippen LogP contribution in [0.1, 0.15) is 427 Å². The minimum atomic E-state index is -4.97. The standard InChI is InChI=1S/C85H162O17P2/c1-7-11-13-15-17-19-21-23-25-28-33-36-40-44-48-55-61-67-82(87)95-73-80(101-84(89)69-64-58-50-46-42-38-34-30-27-26-29-32-35-39-43-47-53-59-65-77(5)9-3)75-99-103(91,92)97-71-79(86)72-98-104(93,94)100-76-81(74-96-83(88)68-62-56-52-51-54-60-66-78(6)10-4)102-85(90)70-63-57-49-45-41-37-31-24-22-20-18-16-14-12-8-2/h20,22,24,31,77-81,86H,7-19,21,23,25-30,32-76H2,1-6H3,(H,91,92)(H,93,94)/b22-20-,31-24-/t77?,78?,79-,80-,81-/m1/s1. The highest BCUT2D eigenvalue weighted by atomic mass is 31.2. The predicted molar refractivity (Wildman–Crippen MR) is 427 cm³/mol. The van der Waals surface area contributed by atoms with Gasteiger partial charge in [0.05, 0.1) is 26.4 Å². The van der Waals surface area contributed by atoms with E-state index in [0.717, 1.165) is 121 Å². The lowest BCUT2D eigenvalue weighted by molar-refractivity contribution is -0.161. The van der Waals surface area contributed by atoms with Crippen molar-refractivity contribution in [1.82, 2.24) is 0 Å². The first-order valence-corrected chi connectivity index (χ1v) is 46.4. The Labute approximate surface area is 637 Å². The van der Waals surface area contributed by atoms with E-state index in [0.29, 0.717) is 25.7 Å². The third-order valence-corrected chi connectivity index (χ3v) is 22.0. The van der Waals surface area contributed by atoms with E-state index in [1.807, 2.05) is 0 Å². The Morgan fingerprint density at radius 2 is 0.538 bits per heavy atom. The molecule has 0 aliphatic heterocycles. The van der Waals surface area contributed by atoms with E-state index < -0.39 is 97.5 Å². The van der Waals surface area contributed by atoms with Gasteiger partial charge in [0.15, 0.2) is 12.2 Å². The fourth-order valence-corrected chi connectivity index (χ4v) is 14.2. The summed E-state index contributed by atoms with van der Waals surface area (Å²) in [5.41, 5.74) is 0. The van der Waals surface area contributed by atoms with Gasteiger partial charge < -0.3 is 33.8 Å². The molecule has 0 saturated carbocycles. The molecule has 0 fully saturated rings. The molecular formula is C85H162O17P2. The summed E-state index contributed by atoms with van der Waals surface area (Å²) >= 11 is 0. The number of carbonyl (C=O) groups is 4. The van der Waals surface area contributed by atoms with Crippen molar-refractivity contribution in [3.8, 4) is 0 Å². The number of ether oxygens (including phenoxy) is 4. The van der Waals surface area contributed by atoms with Crippen LogP contribution in [0.4, 0.5) is 0 Å². The summed E-state index contributed by atoms with van der Waals surface area (Å²) < 4.78 is 68.8. The second kappa shape index (κ2) is 75.9. The van der Waals surface area contributed by atoms with E-state index in [1.165, 1.54) is 225 Å². The van der Waals surface area contributed by atoms with Crippen molar-refractivity contribution in [2.45, 2.75) is 445 Å². The largest absolute Gasteiger partial charge is 0.472 e. The lowest BCUT2D eigenvalue weighted by Gasteiger charge is -2.21. The van der Waals surface area contributed by atoms with Crippen LogP contribution in [-0.2, 0) is 65.4 Å². The number of unbranched alkanes of at least 4 members (excludes halogenated alkanes) is 47. The van der Waals surface area contributed by atoms with Crippen LogP contribution in [-0.4, -0.2) is 96.7 Å². The van der Waals surface area contributed by atoms with Gasteiger partial charge in [-0.25, -0.2) is 9.13 Å². The maximum Gasteiger partial charge on any atom is 0.472 e. The first-order valence-electron chi connectivity index (χ1n) is 43.4. The lowest BCUT2D eigenvalue weighted by Crippen LogP contribution is -2.30. The topological polar surface area (TPSA) is 237 Å². The summed E-state index contributed by atoms with van der Waals surface area (Å²) in [6.07, 6.45) is 70.3. The molecule has 0 aromatic carbocycles. The fourth-order valence-electron chi connectivity index (χ4n) is 12.6. The zero-order valence-electron chi connectivity index (χ0n) is 67.8. The Morgan fingerprint density at radius 1 is 0.308 bits per heavy atom. The molecule has 0 aliphatic rings. The van der Waals surface area contributed by atoms with Gasteiger partial charge in [-0.3, -0.25) is 37.3 Å². The zero-order valence-corrected chi connectivity index (χ0v) is 69.6. The first kappa shape index (κ1) is 102. The molecule has 0 aliphatic carbocycles. The Hall–Kier alpha value is -2.46. The number of hydrogen-bond acceptors (Lipinski definition) is 15. The highest BCUT2D eigenvalue weighted by Crippen LogP contribution is 2.45. The van der Waals surface area contributed by atoms with Crippen molar-refractivity contribution in [1.29, 1.82) is 0 Å². The zero-order chi connectivity index (χ0) is 76.4. The number of aliphatic hydroxyl groups excluding tert-OH is 1. The van der Waals surface area contributed by atoms with E-state index in [4.69, 9.17) is 37.0 Å². The van der Waals surface area contributed by atoms with Gasteiger partial charge in [-0.15, -0.1) is 0 Å². The summed E-state index contributed by atoms with van der Waals surface area (Å²) in [7, 11) is -9.94. The molecular weight excluding hydrogens is 1350 g/mol. The molecule has 4 unspecified atom stereocenters. The van der Waals surface area contributed by atoms with Crippen LogP contribution in [0.25, 0.3) is 0 Å². The van der Waals surface area contributed by atoms with Crippen LogP contribution in [0.3, 0.4) is 0 Å². The molecule has 0 amide bonds. The normalized spacial score (nSPS) is 14.5. The molecule has 17 nitrogen and oxygen atoms in total. The molecule has 0 heterocycles. The maximum absolute atomic E-state index is 13.1. The van der Waals surface area contributed by atoms with Gasteiger partial charge in [0, 0.05) is 25.7 Å². The quantitative estimate of drug-likeness (QED) is 0.0169. The van der Waals surface area contributed by atoms with E-state index >= 15 is 0 Å². The summed E-state index contributed by atoms with van der Waals surface area (Å²) in [4.78, 5) is 73.1. The molecule has 614 valence electrons. The van der Waals surface area contributed by atoms with Crippen LogP contribution in [0, 0.1) is 11.8 Å². The summed E-state index contributed by atoms with van der Waals surface area (Å²) in [6.45, 7) is 9.62. The van der Waals surface area contributed by atoms with Crippen LogP contribution in [0.2, 0.25) is 0 Å². The Bertz CT molecular complexity index is 2090. The van der Waals surface area contributed by atoms with Crippen LogP contribution in [0.15, 0.2) is 24.3 Å². The van der Waals surface area contributed by atoms with Crippen molar-refractivity contribution in [2.24, 2.45) is 11.8 Å². The van der Waals surface area contributed by atoms with E-state index in [9.17, 15) is 43.2 Å². The lowest BCUT2D eigenvalue weighted by atomic mass is 9.99. The summed E-state index contributed by atoms with van der Waals surface area (Å²) in [6, 6.07) is 0. The number of phosphoric ester groups is 2. The Morgan fingerprint density at radius 3 is 0.817 bits per heavy atom. The molecule has 0 bridgehead atoms. The highest BCUT2D eigenvalue weighted by Gasteiger charge is 2.30. The second-order valence-corrected chi connectivity index (χ2v) is 33.3. The molecule has 7 atom stereocenters. The number of carbonyl (C=O) groups excluding carboxylic acids is 4. The van der Waals surface area contributed by atoms with Gasteiger partial charge in [0.25, 0.3) is 0 Å². The molecule has 3 N–H and O–H groups in total. The number of hydrogen-bond donors (Lipinski definition) is 3. The van der Waals surface area contributed by atoms with Gasteiger partial charge >= 0.3 is 39.5 Å². The fraction of sp³-hybridized carbons (Fsp3) is 0.906. The van der Waals surface area contributed by atoms with Crippen LogP contribution < -0.4 is 0 Å². The van der Waals surface area contributed by atoms with Crippen molar-refractivity contribution in [3.63, 3.8) is 0 Å². The van der Waals surface area contributed by atoms with Gasteiger partial charge in [0.2, 0.25) is 0 Å². The first-order chi connectivity index (χ1) is 50.4. The number of esters is 4. The van der Waals surface area contributed by atoms with Gasteiger partial charge in [0.1, 0.15) is 19.3 Å².